The van der Waals surface area contributed by atoms with E-state index in [4.69, 9.17) is 4.74 Å². The van der Waals surface area contributed by atoms with Gasteiger partial charge in [0.1, 0.15) is 10.5 Å². The molecule has 11 heteroatoms. The fraction of sp³-hybridized carbons (Fsp3) is 0.450. The van der Waals surface area contributed by atoms with E-state index in [-0.39, 0.29) is 43.2 Å². The van der Waals surface area contributed by atoms with Crippen molar-refractivity contribution >= 4 is 21.7 Å². The summed E-state index contributed by atoms with van der Waals surface area (Å²) in [5.74, 6) is -0.717. The second-order valence-electron chi connectivity index (χ2n) is 7.24. The number of benzene rings is 1. The lowest BCUT2D eigenvalue weighted by Gasteiger charge is -2.35. The predicted molar refractivity (Wildman–Crippen MR) is 109 cm³/mol. The Balaban J connectivity index is 1.82. The summed E-state index contributed by atoms with van der Waals surface area (Å²) < 4.78 is 71.9. The number of ether oxygens (including phenoxy) is 1. The van der Waals surface area contributed by atoms with E-state index < -0.39 is 27.7 Å². The summed E-state index contributed by atoms with van der Waals surface area (Å²) in [5.41, 5.74) is 0.350. The molecule has 1 saturated heterocycles. The van der Waals surface area contributed by atoms with Crippen molar-refractivity contribution in [2.24, 2.45) is 0 Å². The molecule has 7 nitrogen and oxygen atoms in total. The number of piperazine rings is 1. The lowest BCUT2D eigenvalue weighted by molar-refractivity contribution is -0.137. The number of carbonyl (C=O) groups is 1. The third-order valence-electron chi connectivity index (χ3n) is 5.17. The summed E-state index contributed by atoms with van der Waals surface area (Å²) in [6, 6.07) is 4.96. The van der Waals surface area contributed by atoms with E-state index in [1.165, 1.54) is 10.4 Å². The number of esters is 1. The van der Waals surface area contributed by atoms with Crippen LogP contribution in [0.3, 0.4) is 0 Å². The number of aryl methyl sites for hydroxylation is 2. The van der Waals surface area contributed by atoms with Crippen molar-refractivity contribution < 1.29 is 31.1 Å². The highest BCUT2D eigenvalue weighted by molar-refractivity contribution is 7.89. The number of sulfonamides is 1. The van der Waals surface area contributed by atoms with Gasteiger partial charge < -0.3 is 14.6 Å². The molecule has 0 unspecified atom stereocenters. The Morgan fingerprint density at radius 1 is 1.13 bits per heavy atom. The van der Waals surface area contributed by atoms with Gasteiger partial charge in [0, 0.05) is 43.3 Å². The molecule has 1 aliphatic rings. The number of halogens is 3. The van der Waals surface area contributed by atoms with Crippen molar-refractivity contribution in [3.8, 4) is 0 Å². The minimum atomic E-state index is -4.45. The summed E-state index contributed by atoms with van der Waals surface area (Å²) in [4.78, 5) is 16.8. The number of nitrogens with one attached hydrogen (secondary N) is 1. The largest absolute Gasteiger partial charge is 0.462 e. The summed E-state index contributed by atoms with van der Waals surface area (Å²) in [6.45, 7) is 5.50. The SMILES string of the molecule is CCOC(=O)c1c(C)[nH]c(C)c1S(=O)(=O)N1CCN(c2cccc(C(F)(F)F)c2)CC1. The molecule has 0 spiro atoms. The second-order valence-corrected chi connectivity index (χ2v) is 9.11. The second kappa shape index (κ2) is 8.54. The van der Waals surface area contributed by atoms with Crippen LogP contribution in [0, 0.1) is 13.8 Å². The number of aromatic amines is 1. The van der Waals surface area contributed by atoms with Gasteiger partial charge in [0.15, 0.2) is 0 Å². The van der Waals surface area contributed by atoms with E-state index in [9.17, 15) is 26.4 Å². The molecule has 0 amide bonds. The van der Waals surface area contributed by atoms with Gasteiger partial charge >= 0.3 is 12.1 Å². The van der Waals surface area contributed by atoms with Gasteiger partial charge in [-0.15, -0.1) is 0 Å². The maximum atomic E-state index is 13.3. The Bertz CT molecular complexity index is 1070. The molecule has 0 radical (unpaired) electrons. The molecular weight excluding hydrogens is 435 g/mol. The molecule has 1 aromatic heterocycles. The molecule has 1 aliphatic heterocycles. The van der Waals surface area contributed by atoms with Crippen LogP contribution in [-0.2, 0) is 20.9 Å². The lowest BCUT2D eigenvalue weighted by Crippen LogP contribution is -2.49. The van der Waals surface area contributed by atoms with Gasteiger partial charge in [-0.05, 0) is 39.0 Å². The average Bonchev–Trinajstić information content (AvgIpc) is 3.02. The highest BCUT2D eigenvalue weighted by atomic mass is 32.2. The van der Waals surface area contributed by atoms with E-state index in [2.05, 4.69) is 4.98 Å². The topological polar surface area (TPSA) is 82.7 Å². The van der Waals surface area contributed by atoms with Gasteiger partial charge in [0.25, 0.3) is 0 Å². The average molecular weight is 459 g/mol. The standard InChI is InChI=1S/C20H24F3N3O4S/c1-4-30-19(27)17-13(2)24-14(3)18(17)31(28,29)26-10-8-25(9-11-26)16-7-5-6-15(12-16)20(21,22)23/h5-7,12,24H,4,8-11H2,1-3H3. The zero-order chi connectivity index (χ0) is 23.0. The van der Waals surface area contributed by atoms with Crippen LogP contribution < -0.4 is 4.90 Å². The maximum absolute atomic E-state index is 13.3. The molecule has 0 bridgehead atoms. The third kappa shape index (κ3) is 4.57. The number of H-pyrrole nitrogens is 1. The Hall–Kier alpha value is -2.53. The fourth-order valence-electron chi connectivity index (χ4n) is 3.72. The van der Waals surface area contributed by atoms with Crippen molar-refractivity contribution in [1.82, 2.24) is 9.29 Å². The molecule has 31 heavy (non-hydrogen) atoms. The van der Waals surface area contributed by atoms with Crippen molar-refractivity contribution in [3.63, 3.8) is 0 Å². The first-order valence-corrected chi connectivity index (χ1v) is 11.2. The number of aromatic nitrogens is 1. The molecule has 0 atom stereocenters. The maximum Gasteiger partial charge on any atom is 0.416 e. The van der Waals surface area contributed by atoms with Gasteiger partial charge in [-0.25, -0.2) is 13.2 Å². The molecule has 1 N–H and O–H groups in total. The number of carbonyl (C=O) groups excluding carboxylic acids is 1. The molecule has 0 saturated carbocycles. The van der Waals surface area contributed by atoms with Gasteiger partial charge in [-0.2, -0.15) is 17.5 Å². The van der Waals surface area contributed by atoms with Crippen molar-refractivity contribution in [2.75, 3.05) is 37.7 Å². The van der Waals surface area contributed by atoms with Crippen molar-refractivity contribution in [2.45, 2.75) is 31.8 Å². The Kier molecular flexibility index (Phi) is 6.38. The summed E-state index contributed by atoms with van der Waals surface area (Å²) in [6.07, 6.45) is -4.45. The van der Waals surface area contributed by atoms with Crippen LogP contribution >= 0.6 is 0 Å². The minimum Gasteiger partial charge on any atom is -0.462 e. The van der Waals surface area contributed by atoms with Crippen molar-refractivity contribution in [3.05, 3.63) is 46.8 Å². The molecule has 0 aliphatic carbocycles. The van der Waals surface area contributed by atoms with Gasteiger partial charge in [-0.3, -0.25) is 0 Å². The predicted octanol–water partition coefficient (Wildman–Crippen LogP) is 3.34. The molecule has 2 heterocycles. The monoisotopic (exact) mass is 459 g/mol. The van der Waals surface area contributed by atoms with Gasteiger partial charge in [0.05, 0.1) is 12.2 Å². The smallest absolute Gasteiger partial charge is 0.416 e. The molecule has 1 fully saturated rings. The van der Waals surface area contributed by atoms with Crippen LogP contribution in [0.2, 0.25) is 0 Å². The van der Waals surface area contributed by atoms with E-state index in [1.807, 2.05) is 0 Å². The molecule has 1 aromatic carbocycles. The lowest BCUT2D eigenvalue weighted by atomic mass is 10.1. The zero-order valence-electron chi connectivity index (χ0n) is 17.4. The van der Waals surface area contributed by atoms with Crippen LogP contribution in [0.4, 0.5) is 18.9 Å². The number of rotatable bonds is 5. The van der Waals surface area contributed by atoms with Crippen LogP contribution in [0.25, 0.3) is 0 Å². The van der Waals surface area contributed by atoms with Crippen LogP contribution in [0.15, 0.2) is 29.2 Å². The van der Waals surface area contributed by atoms with Crippen LogP contribution in [0.5, 0.6) is 0 Å². The quantitative estimate of drug-likeness (QED) is 0.694. The summed E-state index contributed by atoms with van der Waals surface area (Å²) in [7, 11) is -4.01. The van der Waals surface area contributed by atoms with E-state index >= 15 is 0 Å². The zero-order valence-corrected chi connectivity index (χ0v) is 18.2. The third-order valence-corrected chi connectivity index (χ3v) is 7.24. The summed E-state index contributed by atoms with van der Waals surface area (Å²) >= 11 is 0. The number of anilines is 1. The molecule has 2 aromatic rings. The number of hydrogen-bond donors (Lipinski definition) is 1. The Morgan fingerprint density at radius 2 is 1.77 bits per heavy atom. The highest BCUT2D eigenvalue weighted by Crippen LogP contribution is 2.33. The van der Waals surface area contributed by atoms with Crippen molar-refractivity contribution in [1.29, 1.82) is 0 Å². The number of hydrogen-bond acceptors (Lipinski definition) is 5. The normalized spacial score (nSPS) is 15.9. The number of alkyl halides is 3. The molecule has 170 valence electrons. The van der Waals surface area contributed by atoms with Crippen LogP contribution in [0.1, 0.15) is 34.2 Å². The highest BCUT2D eigenvalue weighted by Gasteiger charge is 2.36. The van der Waals surface area contributed by atoms with E-state index in [0.717, 1.165) is 12.1 Å². The van der Waals surface area contributed by atoms with Gasteiger partial charge in [-0.1, -0.05) is 6.07 Å². The fourth-order valence-corrected chi connectivity index (χ4v) is 5.56. The number of nitrogens with zero attached hydrogens (tertiary/aromatic N) is 2. The molecule has 3 rings (SSSR count). The first kappa shape index (κ1) is 23.1. The Morgan fingerprint density at radius 3 is 2.35 bits per heavy atom. The van der Waals surface area contributed by atoms with E-state index in [0.29, 0.717) is 17.1 Å². The van der Waals surface area contributed by atoms with E-state index in [1.54, 1.807) is 31.7 Å². The minimum absolute atomic E-state index is 0.0142. The first-order valence-electron chi connectivity index (χ1n) is 9.75. The molecular formula is C20H24F3N3O4S. The van der Waals surface area contributed by atoms with Gasteiger partial charge in [0.2, 0.25) is 10.0 Å². The van der Waals surface area contributed by atoms with Crippen LogP contribution in [-0.4, -0.2) is 56.5 Å². The first-order chi connectivity index (χ1) is 14.5. The summed E-state index contributed by atoms with van der Waals surface area (Å²) in [5, 5.41) is 0. The Labute approximate surface area is 178 Å².